The number of nitrogens with one attached hydrogen (secondary N) is 1. The molecule has 2 heterocycles. The van der Waals surface area contributed by atoms with Gasteiger partial charge in [-0.05, 0) is 32.1 Å². The number of aryl methyl sites for hydroxylation is 3. The Bertz CT molecular complexity index is 748. The summed E-state index contributed by atoms with van der Waals surface area (Å²) in [7, 11) is 3.74. The molecule has 6 nitrogen and oxygen atoms in total. The zero-order valence-electron chi connectivity index (χ0n) is 15.0. The van der Waals surface area contributed by atoms with Gasteiger partial charge in [-0.15, -0.1) is 11.3 Å². The van der Waals surface area contributed by atoms with Crippen molar-refractivity contribution >= 4 is 23.1 Å². The summed E-state index contributed by atoms with van der Waals surface area (Å²) in [6.07, 6.45) is 4.95. The fourth-order valence-electron chi connectivity index (χ4n) is 3.26. The number of fused-ring (bicyclic) bond motifs is 1. The molecule has 2 amide bonds. The Balaban J connectivity index is 1.79. The number of carbonyl (C=O) groups excluding carboxylic acids is 1. The number of thiazole rings is 1. The maximum Gasteiger partial charge on any atom is 0.322 e. The minimum absolute atomic E-state index is 0.0891. The second-order valence-electron chi connectivity index (χ2n) is 6.75. The van der Waals surface area contributed by atoms with Crippen molar-refractivity contribution < 1.29 is 4.79 Å². The van der Waals surface area contributed by atoms with Gasteiger partial charge in [0.05, 0.1) is 33.0 Å². The van der Waals surface area contributed by atoms with E-state index < -0.39 is 0 Å². The van der Waals surface area contributed by atoms with Crippen molar-refractivity contribution in [3.63, 3.8) is 0 Å². The van der Waals surface area contributed by atoms with Crippen LogP contribution >= 0.6 is 11.3 Å². The van der Waals surface area contributed by atoms with Crippen LogP contribution in [0.15, 0.2) is 6.20 Å². The Morgan fingerprint density at radius 3 is 2.96 bits per heavy atom. The molecule has 1 aliphatic rings. The number of hydrogen-bond acceptors (Lipinski definition) is 4. The van der Waals surface area contributed by atoms with Gasteiger partial charge in [0, 0.05) is 20.3 Å². The third-order valence-corrected chi connectivity index (χ3v) is 5.58. The van der Waals surface area contributed by atoms with Crippen molar-refractivity contribution in [2.24, 2.45) is 7.05 Å². The highest BCUT2D eigenvalue weighted by Crippen LogP contribution is 2.37. The Morgan fingerprint density at radius 1 is 1.50 bits per heavy atom. The Labute approximate surface area is 146 Å². The SMILES string of the molecule is Cc1nc2c(s1)[C@H](N(C)C(=O)Nc1cn(C)nc1C(C)C)CCC2. The van der Waals surface area contributed by atoms with Gasteiger partial charge in [0.25, 0.3) is 0 Å². The van der Waals surface area contributed by atoms with Crippen molar-refractivity contribution in [2.75, 3.05) is 12.4 Å². The highest BCUT2D eigenvalue weighted by atomic mass is 32.1. The third-order valence-electron chi connectivity index (χ3n) is 4.46. The summed E-state index contributed by atoms with van der Waals surface area (Å²) < 4.78 is 1.75. The molecule has 0 bridgehead atoms. The lowest BCUT2D eigenvalue weighted by molar-refractivity contribution is 0.198. The lowest BCUT2D eigenvalue weighted by atomic mass is 9.97. The minimum Gasteiger partial charge on any atom is -0.320 e. The molecule has 0 unspecified atom stereocenters. The minimum atomic E-state index is -0.0891. The summed E-state index contributed by atoms with van der Waals surface area (Å²) in [4.78, 5) is 20.4. The van der Waals surface area contributed by atoms with Gasteiger partial charge in [0.2, 0.25) is 0 Å². The van der Waals surface area contributed by atoms with Crippen LogP contribution in [0.5, 0.6) is 0 Å². The highest BCUT2D eigenvalue weighted by molar-refractivity contribution is 7.11. The Hall–Kier alpha value is -1.89. The average molecular weight is 347 g/mol. The fourth-order valence-corrected chi connectivity index (χ4v) is 4.41. The van der Waals surface area contributed by atoms with Crippen LogP contribution < -0.4 is 5.32 Å². The van der Waals surface area contributed by atoms with E-state index in [-0.39, 0.29) is 18.0 Å². The standard InChI is InChI=1S/C17H25N5OS/c1-10(2)15-13(9-21(4)20-15)19-17(23)22(5)14-8-6-7-12-16(14)24-11(3)18-12/h9-10,14H,6-8H2,1-5H3,(H,19,23)/t14-/m1/s1. The molecule has 0 saturated carbocycles. The number of anilines is 1. The molecule has 0 saturated heterocycles. The molecule has 1 atom stereocenters. The van der Waals surface area contributed by atoms with Crippen LogP contribution in [0.1, 0.15) is 59.9 Å². The first-order valence-electron chi connectivity index (χ1n) is 8.40. The number of hydrogen-bond donors (Lipinski definition) is 1. The molecule has 0 radical (unpaired) electrons. The lowest BCUT2D eigenvalue weighted by Crippen LogP contribution is -2.36. The number of aromatic nitrogens is 3. The number of nitrogens with zero attached hydrogens (tertiary/aromatic N) is 4. The molecule has 0 aliphatic heterocycles. The van der Waals surface area contributed by atoms with Crippen LogP contribution in [0.25, 0.3) is 0 Å². The van der Waals surface area contributed by atoms with Crippen LogP contribution in [-0.4, -0.2) is 32.7 Å². The molecule has 2 aromatic heterocycles. The quantitative estimate of drug-likeness (QED) is 0.917. The fraction of sp³-hybridized carbons (Fsp3) is 0.588. The van der Waals surface area contributed by atoms with Gasteiger partial charge in [-0.2, -0.15) is 5.10 Å². The van der Waals surface area contributed by atoms with Crippen molar-refractivity contribution in [2.45, 2.75) is 52.0 Å². The van der Waals surface area contributed by atoms with Crippen LogP contribution in [0.2, 0.25) is 0 Å². The molecule has 0 spiro atoms. The molecular formula is C17H25N5OS. The third kappa shape index (κ3) is 3.17. The van der Waals surface area contributed by atoms with E-state index >= 15 is 0 Å². The highest BCUT2D eigenvalue weighted by Gasteiger charge is 2.30. The molecule has 1 aliphatic carbocycles. The van der Waals surface area contributed by atoms with E-state index in [2.05, 4.69) is 29.2 Å². The summed E-state index contributed by atoms with van der Waals surface area (Å²) >= 11 is 1.71. The van der Waals surface area contributed by atoms with Crippen molar-refractivity contribution in [3.8, 4) is 0 Å². The van der Waals surface area contributed by atoms with Crippen LogP contribution in [0, 0.1) is 6.92 Å². The van der Waals surface area contributed by atoms with Crippen LogP contribution in [0.3, 0.4) is 0 Å². The maximum atomic E-state index is 12.8. The second-order valence-corrected chi connectivity index (χ2v) is 7.98. The van der Waals surface area contributed by atoms with E-state index in [1.54, 1.807) is 16.0 Å². The molecular weight excluding hydrogens is 322 g/mol. The van der Waals surface area contributed by atoms with Gasteiger partial charge in [-0.3, -0.25) is 4.68 Å². The summed E-state index contributed by atoms with van der Waals surface area (Å²) in [6.45, 7) is 6.19. The Kier molecular flexibility index (Phi) is 4.62. The van der Waals surface area contributed by atoms with Crippen molar-refractivity contribution in [3.05, 3.63) is 27.5 Å². The first-order valence-corrected chi connectivity index (χ1v) is 9.22. The molecule has 130 valence electrons. The summed E-state index contributed by atoms with van der Waals surface area (Å²) in [5.41, 5.74) is 2.87. The predicted octanol–water partition coefficient (Wildman–Crippen LogP) is 3.85. The first kappa shape index (κ1) is 17.0. The van der Waals surface area contributed by atoms with Gasteiger partial charge in [-0.1, -0.05) is 13.8 Å². The molecule has 7 heteroatoms. The molecule has 24 heavy (non-hydrogen) atoms. The van der Waals surface area contributed by atoms with Crippen LogP contribution in [-0.2, 0) is 13.5 Å². The maximum absolute atomic E-state index is 12.8. The topological polar surface area (TPSA) is 63.1 Å². The van der Waals surface area contributed by atoms with E-state index in [4.69, 9.17) is 0 Å². The molecule has 1 N–H and O–H groups in total. The predicted molar refractivity (Wildman–Crippen MR) is 96.6 cm³/mol. The van der Waals surface area contributed by atoms with Crippen LogP contribution in [0.4, 0.5) is 10.5 Å². The van der Waals surface area contributed by atoms with Gasteiger partial charge in [0.1, 0.15) is 0 Å². The van der Waals surface area contributed by atoms with E-state index in [9.17, 15) is 4.79 Å². The number of amides is 2. The van der Waals surface area contributed by atoms with E-state index in [0.717, 1.165) is 41.3 Å². The summed E-state index contributed by atoms with van der Waals surface area (Å²) in [5, 5.41) is 8.56. The number of carbonyl (C=O) groups is 1. The lowest BCUT2D eigenvalue weighted by Gasteiger charge is -2.30. The summed E-state index contributed by atoms with van der Waals surface area (Å²) in [6, 6.07) is 0.0212. The largest absolute Gasteiger partial charge is 0.322 e. The van der Waals surface area contributed by atoms with E-state index in [0.29, 0.717) is 0 Å². The van der Waals surface area contributed by atoms with Gasteiger partial charge >= 0.3 is 6.03 Å². The number of urea groups is 1. The van der Waals surface area contributed by atoms with Crippen molar-refractivity contribution in [1.82, 2.24) is 19.7 Å². The van der Waals surface area contributed by atoms with E-state index in [1.165, 1.54) is 4.88 Å². The van der Waals surface area contributed by atoms with Crippen molar-refractivity contribution in [1.29, 1.82) is 0 Å². The zero-order valence-corrected chi connectivity index (χ0v) is 15.8. The molecule has 2 aromatic rings. The molecule has 0 aromatic carbocycles. The van der Waals surface area contributed by atoms with Gasteiger partial charge in [-0.25, -0.2) is 9.78 Å². The van der Waals surface area contributed by atoms with Gasteiger partial charge < -0.3 is 10.2 Å². The smallest absolute Gasteiger partial charge is 0.320 e. The molecule has 0 fully saturated rings. The average Bonchev–Trinajstić information content (AvgIpc) is 3.07. The zero-order chi connectivity index (χ0) is 17.4. The summed E-state index contributed by atoms with van der Waals surface area (Å²) in [5.74, 6) is 0.261. The normalized spacial score (nSPS) is 17.0. The van der Waals surface area contributed by atoms with E-state index in [1.807, 2.05) is 32.1 Å². The second kappa shape index (κ2) is 6.55. The molecule has 3 rings (SSSR count). The van der Waals surface area contributed by atoms with Gasteiger partial charge in [0.15, 0.2) is 0 Å². The number of rotatable bonds is 3. The Morgan fingerprint density at radius 2 is 2.25 bits per heavy atom. The monoisotopic (exact) mass is 347 g/mol. The first-order chi connectivity index (χ1) is 11.4.